The molecule has 4 aliphatic rings. The van der Waals surface area contributed by atoms with Crippen LogP contribution in [0.25, 0.3) is 0 Å². The van der Waals surface area contributed by atoms with Gasteiger partial charge in [0.1, 0.15) is 0 Å². The molecule has 0 saturated heterocycles. The van der Waals surface area contributed by atoms with Crippen LogP contribution in [0.2, 0.25) is 0 Å². The molecule has 6 heteroatoms. The van der Waals surface area contributed by atoms with Gasteiger partial charge in [-0.15, -0.1) is 11.6 Å². The largest absolute Gasteiger partial charge is 0.480 e. The molecule has 4 bridgehead atoms. The molecular weight excluding hydrogens is 328 g/mol. The minimum absolute atomic E-state index is 0.0980. The van der Waals surface area contributed by atoms with Crippen molar-refractivity contribution in [1.29, 1.82) is 0 Å². The van der Waals surface area contributed by atoms with E-state index >= 15 is 0 Å². The third-order valence-corrected chi connectivity index (χ3v) is 7.99. The van der Waals surface area contributed by atoms with E-state index in [2.05, 4.69) is 17.1 Å². The molecule has 4 rings (SSSR count). The Morgan fingerprint density at radius 3 is 2.47 bits per heavy atom. The van der Waals surface area contributed by atoms with Gasteiger partial charge >= 0.3 is 0 Å². The molecule has 6 atom stereocenters. The lowest BCUT2D eigenvalue weighted by atomic mass is 9.78. The molecule has 0 N–H and O–H groups in total. The second kappa shape index (κ2) is 3.58. The van der Waals surface area contributed by atoms with Gasteiger partial charge in [-0.2, -0.15) is 0 Å². The summed E-state index contributed by atoms with van der Waals surface area (Å²) in [6.07, 6.45) is 5.48. The van der Waals surface area contributed by atoms with Crippen LogP contribution >= 0.6 is 46.4 Å². The van der Waals surface area contributed by atoms with Gasteiger partial charge in [0.05, 0.1) is 6.61 Å². The van der Waals surface area contributed by atoms with Crippen LogP contribution in [-0.2, 0) is 4.74 Å². The number of aliphatic imine (C=N–C) groups is 1. The monoisotopic (exact) mass is 339 g/mol. The molecule has 0 aromatic rings. The van der Waals surface area contributed by atoms with Crippen LogP contribution in [0.4, 0.5) is 0 Å². The third-order valence-electron chi connectivity index (χ3n) is 5.11. The number of alkyl halides is 4. The topological polar surface area (TPSA) is 21.6 Å². The molecule has 2 fully saturated rings. The molecule has 3 aliphatic carbocycles. The lowest BCUT2D eigenvalue weighted by Crippen LogP contribution is -2.50. The van der Waals surface area contributed by atoms with E-state index in [1.165, 1.54) is 0 Å². The van der Waals surface area contributed by atoms with Crippen molar-refractivity contribution in [2.75, 3.05) is 6.61 Å². The summed E-state index contributed by atoms with van der Waals surface area (Å²) < 4.78 is 4.27. The number of ether oxygens (including phenoxy) is 1. The van der Waals surface area contributed by atoms with Crippen LogP contribution in [-0.4, -0.2) is 26.7 Å². The zero-order chi connectivity index (χ0) is 13.6. The normalized spacial score (nSPS) is 55.5. The van der Waals surface area contributed by atoms with Crippen molar-refractivity contribution >= 4 is 52.3 Å². The fraction of sp³-hybridized carbons (Fsp3) is 0.769. The van der Waals surface area contributed by atoms with Crippen LogP contribution in [0.1, 0.15) is 13.3 Å². The van der Waals surface area contributed by atoms with E-state index < -0.39 is 14.2 Å². The number of halogens is 4. The average molecular weight is 341 g/mol. The van der Waals surface area contributed by atoms with Gasteiger partial charge in [-0.05, 0) is 25.2 Å². The van der Waals surface area contributed by atoms with Crippen LogP contribution in [0.15, 0.2) is 17.1 Å². The maximum Gasteiger partial charge on any atom is 0.210 e. The van der Waals surface area contributed by atoms with Gasteiger partial charge in [0.15, 0.2) is 14.2 Å². The minimum atomic E-state index is -1.33. The summed E-state index contributed by atoms with van der Waals surface area (Å²) in [5.41, 5.74) is 0. The van der Waals surface area contributed by atoms with E-state index in [0.29, 0.717) is 24.3 Å². The number of hydrogen-bond acceptors (Lipinski definition) is 2. The highest BCUT2D eigenvalue weighted by Gasteiger charge is 2.85. The Balaban J connectivity index is 1.91. The van der Waals surface area contributed by atoms with Crippen molar-refractivity contribution < 1.29 is 4.74 Å². The molecular formula is C13H13Cl4NO. The summed E-state index contributed by atoms with van der Waals surface area (Å²) in [6, 6.07) is 0. The number of fused-ring (bicyclic) bond motifs is 9. The molecule has 104 valence electrons. The molecule has 0 aromatic carbocycles. The summed E-state index contributed by atoms with van der Waals surface area (Å²) in [7, 11) is 0. The quantitative estimate of drug-likeness (QED) is 0.306. The Labute approximate surface area is 132 Å². The highest BCUT2D eigenvalue weighted by Crippen LogP contribution is 2.76. The zero-order valence-corrected chi connectivity index (χ0v) is 13.3. The molecule has 0 unspecified atom stereocenters. The van der Waals surface area contributed by atoms with E-state index in [1.807, 2.05) is 6.92 Å². The Bertz CT molecular complexity index is 519. The van der Waals surface area contributed by atoms with Gasteiger partial charge in [0, 0.05) is 11.8 Å². The van der Waals surface area contributed by atoms with Crippen molar-refractivity contribution in [1.82, 2.24) is 0 Å². The highest BCUT2D eigenvalue weighted by atomic mass is 35.5. The zero-order valence-electron chi connectivity index (χ0n) is 10.2. The summed E-state index contributed by atoms with van der Waals surface area (Å²) in [5.74, 6) is 1.36. The first-order valence-electron chi connectivity index (χ1n) is 6.55. The molecule has 0 radical (unpaired) electrons. The SMILES string of the molecule is CCOC1=N[C@@]2(Cl)[C@@H]3[C@@H]([C@H]4C=C[C@@H]3C4)[C@]1(Cl)C2(Cl)Cl. The van der Waals surface area contributed by atoms with Crippen molar-refractivity contribution in [2.45, 2.75) is 27.6 Å². The van der Waals surface area contributed by atoms with Gasteiger partial charge in [-0.25, -0.2) is 4.99 Å². The van der Waals surface area contributed by atoms with E-state index in [9.17, 15) is 0 Å². The number of nitrogens with zero attached hydrogens (tertiary/aromatic N) is 1. The molecule has 1 heterocycles. The fourth-order valence-electron chi connectivity index (χ4n) is 4.48. The van der Waals surface area contributed by atoms with Crippen LogP contribution < -0.4 is 0 Å². The van der Waals surface area contributed by atoms with Crippen molar-refractivity contribution in [2.24, 2.45) is 28.7 Å². The highest BCUT2D eigenvalue weighted by molar-refractivity contribution is 6.63. The van der Waals surface area contributed by atoms with Crippen molar-refractivity contribution in [3.8, 4) is 0 Å². The van der Waals surface area contributed by atoms with Crippen LogP contribution in [0.5, 0.6) is 0 Å². The van der Waals surface area contributed by atoms with Gasteiger partial charge in [-0.3, -0.25) is 0 Å². The molecule has 0 aromatic heterocycles. The number of hydrogen-bond donors (Lipinski definition) is 0. The second-order valence-corrected chi connectivity index (χ2v) is 8.31. The number of allylic oxidation sites excluding steroid dienone is 2. The molecule has 19 heavy (non-hydrogen) atoms. The average Bonchev–Trinajstić information content (AvgIpc) is 3.01. The molecule has 2 nitrogen and oxygen atoms in total. The summed E-state index contributed by atoms with van der Waals surface area (Å²) in [6.45, 7) is 2.36. The Hall–Kier alpha value is 0.370. The first-order chi connectivity index (χ1) is 8.88. The molecule has 2 saturated carbocycles. The summed E-state index contributed by atoms with van der Waals surface area (Å²) in [5, 5.41) is 0. The van der Waals surface area contributed by atoms with Gasteiger partial charge in [0.2, 0.25) is 5.90 Å². The van der Waals surface area contributed by atoms with Gasteiger partial charge in [-0.1, -0.05) is 47.0 Å². The first-order valence-corrected chi connectivity index (χ1v) is 8.06. The van der Waals surface area contributed by atoms with Gasteiger partial charge < -0.3 is 4.74 Å². The lowest BCUT2D eigenvalue weighted by Gasteiger charge is -2.36. The van der Waals surface area contributed by atoms with Crippen molar-refractivity contribution in [3.05, 3.63) is 12.2 Å². The Morgan fingerprint density at radius 2 is 1.84 bits per heavy atom. The molecule has 1 aliphatic heterocycles. The fourth-order valence-corrected chi connectivity index (χ4v) is 6.35. The van der Waals surface area contributed by atoms with Crippen LogP contribution in [0, 0.1) is 23.7 Å². The van der Waals surface area contributed by atoms with E-state index in [-0.39, 0.29) is 11.8 Å². The summed E-state index contributed by atoms with van der Waals surface area (Å²) in [4.78, 5) is 2.41. The Morgan fingerprint density at radius 1 is 1.21 bits per heavy atom. The van der Waals surface area contributed by atoms with E-state index in [0.717, 1.165) is 6.42 Å². The van der Waals surface area contributed by atoms with Gasteiger partial charge in [0.25, 0.3) is 0 Å². The lowest BCUT2D eigenvalue weighted by molar-refractivity contribution is 0.244. The molecule has 0 spiro atoms. The standard InChI is InChI=1S/C13H13Cl4NO/c1-2-19-10-11(14)8-6-3-4-7(5-6)9(8)12(15,18-10)13(11,16)17/h3-4,6-9H,2,5H2,1H3/t6-,7+,8+,9-,11+,12-/m0/s1. The Kier molecular flexibility index (Phi) is 2.46. The van der Waals surface area contributed by atoms with Crippen LogP contribution in [0.3, 0.4) is 0 Å². The summed E-state index contributed by atoms with van der Waals surface area (Å²) >= 11 is 26.8. The smallest absolute Gasteiger partial charge is 0.210 e. The molecule has 0 amide bonds. The number of rotatable bonds is 1. The van der Waals surface area contributed by atoms with Crippen molar-refractivity contribution in [3.63, 3.8) is 0 Å². The first kappa shape index (κ1) is 13.1. The predicted octanol–water partition coefficient (Wildman–Crippen LogP) is 3.97. The second-order valence-electron chi connectivity index (χ2n) is 5.81. The maximum absolute atomic E-state index is 6.88. The third kappa shape index (κ3) is 1.15. The van der Waals surface area contributed by atoms with E-state index in [4.69, 9.17) is 51.1 Å². The predicted molar refractivity (Wildman–Crippen MR) is 78.4 cm³/mol. The minimum Gasteiger partial charge on any atom is -0.480 e. The maximum atomic E-state index is 6.88. The van der Waals surface area contributed by atoms with E-state index in [1.54, 1.807) is 0 Å².